The lowest BCUT2D eigenvalue weighted by Gasteiger charge is -2.06. The highest BCUT2D eigenvalue weighted by molar-refractivity contribution is 14.1. The van der Waals surface area contributed by atoms with Gasteiger partial charge in [-0.3, -0.25) is 4.72 Å². The van der Waals surface area contributed by atoms with Gasteiger partial charge in [-0.05, 0) is 56.7 Å². The summed E-state index contributed by atoms with van der Waals surface area (Å²) < 4.78 is 27.9. The number of sulfonamides is 1. The van der Waals surface area contributed by atoms with Gasteiger partial charge in [0.15, 0.2) is 0 Å². The molecule has 0 radical (unpaired) electrons. The Morgan fingerprint density at radius 1 is 1.39 bits per heavy atom. The smallest absolute Gasteiger partial charge is 0.291 e. The molecule has 0 aliphatic rings. The van der Waals surface area contributed by atoms with Gasteiger partial charge in [0, 0.05) is 8.04 Å². The molecule has 18 heavy (non-hydrogen) atoms. The number of nitrogens with one attached hydrogen (secondary N) is 1. The Labute approximate surface area is 129 Å². The van der Waals surface area contributed by atoms with Crippen LogP contribution in [0, 0.1) is 3.57 Å². The summed E-state index contributed by atoms with van der Waals surface area (Å²) in [4.78, 5) is 0. The first-order valence-electron chi connectivity index (χ1n) is 4.45. The van der Waals surface area contributed by atoms with Gasteiger partial charge >= 0.3 is 0 Å². The van der Waals surface area contributed by atoms with Gasteiger partial charge in [-0.25, -0.2) is 0 Å². The molecule has 6 nitrogen and oxygen atoms in total. The molecule has 3 N–H and O–H groups in total. The molecule has 0 aliphatic heterocycles. The fourth-order valence-electron chi connectivity index (χ4n) is 1.09. The molecule has 0 amide bonds. The minimum Gasteiger partial charge on any atom is -0.374 e. The van der Waals surface area contributed by atoms with Crippen molar-refractivity contribution in [3.8, 4) is 0 Å². The predicted octanol–water partition coefficient (Wildman–Crippen LogP) is 2.29. The summed E-state index contributed by atoms with van der Waals surface area (Å²) in [5.74, 6) is 0. The third kappa shape index (κ3) is 3.10. The first kappa shape index (κ1) is 14.0. The van der Waals surface area contributed by atoms with E-state index in [2.05, 4.69) is 53.4 Å². The Hall–Kier alpha value is -0.460. The van der Waals surface area contributed by atoms with Crippen molar-refractivity contribution in [1.29, 1.82) is 0 Å². The summed E-state index contributed by atoms with van der Waals surface area (Å²) in [5, 5.41) is 7.09. The number of hydrogen-bond acceptors (Lipinski definition) is 6. The zero-order valence-corrected chi connectivity index (χ0v) is 14.0. The number of aromatic nitrogens is 2. The first-order valence-corrected chi connectivity index (χ1v) is 8.62. The Kier molecular flexibility index (Phi) is 4.08. The minimum atomic E-state index is -3.73. The monoisotopic (exact) mass is 460 g/mol. The van der Waals surface area contributed by atoms with Crippen LogP contribution in [0.2, 0.25) is 0 Å². The standard InChI is InChI=1S/C8H6BrIN4O2S2/c9-5-2-1-4(3-6(5)10)14-18(15,16)8-13-12-7(11)17-8/h1-3,14H,(H2,11,12). The molecule has 0 saturated heterocycles. The topological polar surface area (TPSA) is 98.0 Å². The molecule has 0 fully saturated rings. The van der Waals surface area contributed by atoms with Crippen LogP contribution in [0.25, 0.3) is 0 Å². The normalized spacial score (nSPS) is 11.4. The van der Waals surface area contributed by atoms with Crippen LogP contribution in [0.3, 0.4) is 0 Å². The second-order valence-electron chi connectivity index (χ2n) is 3.14. The van der Waals surface area contributed by atoms with E-state index in [1.165, 1.54) is 0 Å². The van der Waals surface area contributed by atoms with Crippen molar-refractivity contribution in [2.45, 2.75) is 4.34 Å². The van der Waals surface area contributed by atoms with Gasteiger partial charge in [0.05, 0.1) is 5.69 Å². The lowest BCUT2D eigenvalue weighted by Crippen LogP contribution is -2.12. The van der Waals surface area contributed by atoms with Crippen LogP contribution in [0.15, 0.2) is 27.0 Å². The second kappa shape index (κ2) is 5.27. The van der Waals surface area contributed by atoms with Crippen molar-refractivity contribution in [2.24, 2.45) is 0 Å². The molecule has 0 spiro atoms. The number of nitrogens with zero attached hydrogens (tertiary/aromatic N) is 2. The van der Waals surface area contributed by atoms with Crippen LogP contribution in [-0.4, -0.2) is 18.6 Å². The molecule has 0 unspecified atom stereocenters. The third-order valence-corrected chi connectivity index (χ3v) is 6.65. The van der Waals surface area contributed by atoms with Crippen molar-refractivity contribution in [1.82, 2.24) is 10.2 Å². The summed E-state index contributed by atoms with van der Waals surface area (Å²) >= 11 is 6.24. The minimum absolute atomic E-state index is 0.112. The largest absolute Gasteiger partial charge is 0.374 e. The molecule has 10 heteroatoms. The fourth-order valence-corrected chi connectivity index (χ4v) is 3.68. The molecule has 2 rings (SSSR count). The van der Waals surface area contributed by atoms with Crippen molar-refractivity contribution in [3.63, 3.8) is 0 Å². The third-order valence-electron chi connectivity index (χ3n) is 1.82. The second-order valence-corrected chi connectivity index (χ2v) is 8.02. The Bertz CT molecular complexity index is 688. The molecule has 1 aromatic heterocycles. The molecule has 0 atom stereocenters. The van der Waals surface area contributed by atoms with Crippen molar-refractivity contribution >= 4 is 70.7 Å². The molecular formula is C8H6BrIN4O2S2. The SMILES string of the molecule is Nc1nnc(S(=O)(=O)Nc2ccc(Br)c(I)c2)s1. The summed E-state index contributed by atoms with van der Waals surface area (Å²) in [6, 6.07) is 5.11. The predicted molar refractivity (Wildman–Crippen MR) is 82.0 cm³/mol. The lowest BCUT2D eigenvalue weighted by atomic mass is 10.3. The maximum absolute atomic E-state index is 11.9. The van der Waals surface area contributed by atoms with E-state index in [-0.39, 0.29) is 9.47 Å². The van der Waals surface area contributed by atoms with E-state index < -0.39 is 10.0 Å². The Morgan fingerprint density at radius 2 is 2.11 bits per heavy atom. The van der Waals surface area contributed by atoms with Gasteiger partial charge in [-0.2, -0.15) is 8.42 Å². The maximum Gasteiger partial charge on any atom is 0.291 e. The highest BCUT2D eigenvalue weighted by atomic mass is 127. The number of anilines is 2. The lowest BCUT2D eigenvalue weighted by molar-refractivity contribution is 0.599. The van der Waals surface area contributed by atoms with Crippen molar-refractivity contribution < 1.29 is 8.42 Å². The summed E-state index contributed by atoms with van der Waals surface area (Å²) in [7, 11) is -3.73. The molecule has 0 saturated carbocycles. The number of hydrogen-bond donors (Lipinski definition) is 2. The highest BCUT2D eigenvalue weighted by Crippen LogP contribution is 2.25. The number of halogens is 2. The average Bonchev–Trinajstić information content (AvgIpc) is 2.71. The van der Waals surface area contributed by atoms with E-state index in [0.717, 1.165) is 19.4 Å². The van der Waals surface area contributed by atoms with Crippen LogP contribution in [0.1, 0.15) is 0 Å². The van der Waals surface area contributed by atoms with Crippen LogP contribution in [0.5, 0.6) is 0 Å². The van der Waals surface area contributed by atoms with Gasteiger partial charge in [-0.1, -0.05) is 11.3 Å². The molecule has 1 heterocycles. The van der Waals surface area contributed by atoms with E-state index in [1.807, 2.05) is 0 Å². The summed E-state index contributed by atoms with van der Waals surface area (Å²) in [6.07, 6.45) is 0. The molecule has 2 aromatic rings. The van der Waals surface area contributed by atoms with Gasteiger partial charge in [0.25, 0.3) is 14.4 Å². The fraction of sp³-hybridized carbons (Fsp3) is 0. The molecule has 0 aliphatic carbocycles. The quantitative estimate of drug-likeness (QED) is 0.684. The molecule has 96 valence electrons. The van der Waals surface area contributed by atoms with Crippen LogP contribution >= 0.6 is 49.9 Å². The van der Waals surface area contributed by atoms with Gasteiger partial charge in [0.2, 0.25) is 5.13 Å². The van der Waals surface area contributed by atoms with Gasteiger partial charge in [0.1, 0.15) is 0 Å². The van der Waals surface area contributed by atoms with Crippen molar-refractivity contribution in [2.75, 3.05) is 10.5 Å². The number of benzene rings is 1. The first-order chi connectivity index (χ1) is 8.38. The van der Waals surface area contributed by atoms with E-state index in [0.29, 0.717) is 5.69 Å². The van der Waals surface area contributed by atoms with E-state index >= 15 is 0 Å². The van der Waals surface area contributed by atoms with Gasteiger partial charge < -0.3 is 5.73 Å². The molecule has 1 aromatic carbocycles. The maximum atomic E-state index is 11.9. The van der Waals surface area contributed by atoms with Gasteiger partial charge in [-0.15, -0.1) is 10.2 Å². The van der Waals surface area contributed by atoms with Crippen LogP contribution < -0.4 is 10.5 Å². The Morgan fingerprint density at radius 3 is 2.67 bits per heavy atom. The van der Waals surface area contributed by atoms with E-state index in [9.17, 15) is 8.42 Å². The number of nitrogen functional groups attached to an aromatic ring is 1. The molecular weight excluding hydrogens is 455 g/mol. The number of nitrogens with two attached hydrogens (primary N) is 1. The van der Waals surface area contributed by atoms with Crippen molar-refractivity contribution in [3.05, 3.63) is 26.2 Å². The average molecular weight is 461 g/mol. The number of rotatable bonds is 3. The van der Waals surface area contributed by atoms with Crippen LogP contribution in [-0.2, 0) is 10.0 Å². The van der Waals surface area contributed by atoms with Crippen LogP contribution in [0.4, 0.5) is 10.8 Å². The zero-order valence-electron chi connectivity index (χ0n) is 8.59. The molecule has 0 bridgehead atoms. The van der Waals surface area contributed by atoms with E-state index in [1.54, 1.807) is 18.2 Å². The van der Waals surface area contributed by atoms with E-state index in [4.69, 9.17) is 5.73 Å². The zero-order chi connectivity index (χ0) is 13.3. The summed E-state index contributed by atoms with van der Waals surface area (Å²) in [5.41, 5.74) is 5.81. The highest BCUT2D eigenvalue weighted by Gasteiger charge is 2.19. The summed E-state index contributed by atoms with van der Waals surface area (Å²) in [6.45, 7) is 0. The Balaban J connectivity index is 2.30.